The predicted octanol–water partition coefficient (Wildman–Crippen LogP) is 2.62. The Morgan fingerprint density at radius 1 is 1.35 bits per heavy atom. The average Bonchev–Trinajstić information content (AvgIpc) is 2.78. The van der Waals surface area contributed by atoms with Gasteiger partial charge in [0, 0.05) is 13.0 Å². The number of nitrogens with zero attached hydrogens (tertiary/aromatic N) is 2. The molecule has 0 bridgehead atoms. The summed E-state index contributed by atoms with van der Waals surface area (Å²) in [5.41, 5.74) is 8.71. The number of aryl methyl sites for hydroxylation is 2. The Labute approximate surface area is 124 Å². The molecule has 0 spiro atoms. The molecule has 1 aromatic carbocycles. The zero-order chi connectivity index (χ0) is 14.5. The molecule has 2 N–H and O–H groups in total. The molecule has 0 radical (unpaired) electrons. The van der Waals surface area contributed by atoms with Gasteiger partial charge in [0.05, 0.1) is 16.4 Å². The van der Waals surface area contributed by atoms with Crippen LogP contribution < -0.4 is 10.5 Å². The van der Waals surface area contributed by atoms with Gasteiger partial charge in [-0.2, -0.15) is 5.10 Å². The van der Waals surface area contributed by atoms with Gasteiger partial charge in [0.15, 0.2) is 0 Å². The molecule has 0 saturated carbocycles. The van der Waals surface area contributed by atoms with Crippen LogP contribution in [-0.4, -0.2) is 14.8 Å². The van der Waals surface area contributed by atoms with Crippen molar-refractivity contribution in [1.82, 2.24) is 9.78 Å². The van der Waals surface area contributed by atoms with Crippen LogP contribution in [-0.2, 0) is 19.6 Å². The molecule has 0 aliphatic rings. The first-order chi connectivity index (χ1) is 9.58. The second-order valence-corrected chi connectivity index (χ2v) is 5.19. The topological polar surface area (TPSA) is 53.1 Å². The Morgan fingerprint density at radius 3 is 2.65 bits per heavy atom. The van der Waals surface area contributed by atoms with E-state index in [4.69, 9.17) is 22.7 Å². The molecule has 5 heteroatoms. The van der Waals surface area contributed by atoms with Crippen LogP contribution in [0, 0.1) is 6.92 Å². The van der Waals surface area contributed by atoms with Gasteiger partial charge in [-0.15, -0.1) is 0 Å². The number of nitrogens with two attached hydrogens (primary N) is 1. The molecular formula is C15H19N3OS. The lowest BCUT2D eigenvalue weighted by molar-refractivity contribution is 0.292. The molecular weight excluding hydrogens is 270 g/mol. The predicted molar refractivity (Wildman–Crippen MR) is 83.9 cm³/mol. The van der Waals surface area contributed by atoms with Crippen LogP contribution in [0.5, 0.6) is 5.75 Å². The van der Waals surface area contributed by atoms with Crippen molar-refractivity contribution >= 4 is 17.2 Å². The lowest BCUT2D eigenvalue weighted by Crippen LogP contribution is -2.10. The van der Waals surface area contributed by atoms with Gasteiger partial charge >= 0.3 is 0 Å². The normalized spacial score (nSPS) is 10.5. The largest absolute Gasteiger partial charge is 0.487 e. The number of aromatic nitrogens is 2. The summed E-state index contributed by atoms with van der Waals surface area (Å²) in [6, 6.07) is 9.89. The Hall–Kier alpha value is -1.88. The number of rotatable bonds is 6. The van der Waals surface area contributed by atoms with Gasteiger partial charge in [-0.3, -0.25) is 4.68 Å². The molecule has 0 atom stereocenters. The highest BCUT2D eigenvalue weighted by Crippen LogP contribution is 2.15. The highest BCUT2D eigenvalue weighted by atomic mass is 32.1. The second-order valence-electron chi connectivity index (χ2n) is 4.67. The number of benzene rings is 1. The molecule has 0 saturated heterocycles. The van der Waals surface area contributed by atoms with E-state index in [1.165, 1.54) is 0 Å². The SMILES string of the molecule is CCn1nc(C)cc1COc1ccc(CC(N)=S)cc1. The second kappa shape index (κ2) is 6.52. The van der Waals surface area contributed by atoms with Crippen molar-refractivity contribution in [1.29, 1.82) is 0 Å². The van der Waals surface area contributed by atoms with Gasteiger partial charge in [0.25, 0.3) is 0 Å². The Bertz CT molecular complexity index is 590. The van der Waals surface area contributed by atoms with Crippen LogP contribution in [0.1, 0.15) is 23.9 Å². The van der Waals surface area contributed by atoms with Gasteiger partial charge in [-0.25, -0.2) is 0 Å². The molecule has 0 unspecified atom stereocenters. The maximum atomic E-state index is 5.78. The quantitative estimate of drug-likeness (QED) is 0.831. The fourth-order valence-corrected chi connectivity index (χ4v) is 2.22. The van der Waals surface area contributed by atoms with Gasteiger partial charge in [0.2, 0.25) is 0 Å². The maximum absolute atomic E-state index is 5.78. The van der Waals surface area contributed by atoms with Crippen molar-refractivity contribution < 1.29 is 4.74 Å². The van der Waals surface area contributed by atoms with E-state index in [0.29, 0.717) is 18.0 Å². The van der Waals surface area contributed by atoms with E-state index in [9.17, 15) is 0 Å². The molecule has 4 nitrogen and oxygen atoms in total. The zero-order valence-corrected chi connectivity index (χ0v) is 12.6. The number of hydrogen-bond acceptors (Lipinski definition) is 3. The van der Waals surface area contributed by atoms with E-state index in [2.05, 4.69) is 12.0 Å². The maximum Gasteiger partial charge on any atom is 0.130 e. The highest BCUT2D eigenvalue weighted by Gasteiger charge is 2.05. The van der Waals surface area contributed by atoms with Crippen molar-refractivity contribution in [3.63, 3.8) is 0 Å². The van der Waals surface area contributed by atoms with Crippen molar-refractivity contribution in [2.45, 2.75) is 33.4 Å². The Balaban J connectivity index is 1.98. The fraction of sp³-hybridized carbons (Fsp3) is 0.333. The van der Waals surface area contributed by atoms with E-state index in [1.54, 1.807) is 0 Å². The molecule has 106 valence electrons. The number of ether oxygens (including phenoxy) is 1. The molecule has 20 heavy (non-hydrogen) atoms. The standard InChI is InChI=1S/C15H19N3OS/c1-3-18-13(8-11(2)17-18)10-19-14-6-4-12(5-7-14)9-15(16)20/h4-8H,3,9-10H2,1-2H3,(H2,16,20). The van der Waals surface area contributed by atoms with Crippen molar-refractivity contribution in [3.05, 3.63) is 47.3 Å². The van der Waals surface area contributed by atoms with E-state index < -0.39 is 0 Å². The third kappa shape index (κ3) is 3.81. The Morgan fingerprint density at radius 2 is 2.05 bits per heavy atom. The smallest absolute Gasteiger partial charge is 0.130 e. The van der Waals surface area contributed by atoms with Crippen LogP contribution in [0.25, 0.3) is 0 Å². The van der Waals surface area contributed by atoms with E-state index in [-0.39, 0.29) is 0 Å². The monoisotopic (exact) mass is 289 g/mol. The lowest BCUT2D eigenvalue weighted by atomic mass is 10.1. The lowest BCUT2D eigenvalue weighted by Gasteiger charge is -2.08. The molecule has 0 fully saturated rings. The van der Waals surface area contributed by atoms with E-state index in [0.717, 1.165) is 29.2 Å². The van der Waals surface area contributed by atoms with Gasteiger partial charge in [0.1, 0.15) is 12.4 Å². The van der Waals surface area contributed by atoms with Crippen molar-refractivity contribution in [2.75, 3.05) is 0 Å². The zero-order valence-electron chi connectivity index (χ0n) is 11.8. The van der Waals surface area contributed by atoms with Crippen LogP contribution in [0.3, 0.4) is 0 Å². The molecule has 2 aromatic rings. The summed E-state index contributed by atoms with van der Waals surface area (Å²) in [6.07, 6.45) is 0.622. The number of thiocarbonyl (C=S) groups is 1. The summed E-state index contributed by atoms with van der Waals surface area (Å²) in [5.74, 6) is 0.832. The first-order valence-electron chi connectivity index (χ1n) is 6.62. The third-order valence-corrected chi connectivity index (χ3v) is 3.12. The first-order valence-corrected chi connectivity index (χ1v) is 7.02. The summed E-state index contributed by atoms with van der Waals surface area (Å²) in [7, 11) is 0. The molecule has 0 aliphatic heterocycles. The third-order valence-electron chi connectivity index (χ3n) is 2.97. The summed E-state index contributed by atoms with van der Waals surface area (Å²) < 4.78 is 7.74. The molecule has 1 heterocycles. The minimum absolute atomic E-state index is 0.501. The summed E-state index contributed by atoms with van der Waals surface area (Å²) in [5, 5.41) is 4.40. The first kappa shape index (κ1) is 14.5. The fourth-order valence-electron chi connectivity index (χ4n) is 2.05. The average molecular weight is 289 g/mol. The van der Waals surface area contributed by atoms with Gasteiger partial charge in [-0.05, 0) is 37.6 Å². The minimum Gasteiger partial charge on any atom is -0.487 e. The Kier molecular flexibility index (Phi) is 4.74. The highest BCUT2D eigenvalue weighted by molar-refractivity contribution is 7.80. The van der Waals surface area contributed by atoms with Crippen LogP contribution >= 0.6 is 12.2 Å². The van der Waals surface area contributed by atoms with Crippen LogP contribution in [0.15, 0.2) is 30.3 Å². The van der Waals surface area contributed by atoms with Gasteiger partial charge < -0.3 is 10.5 Å². The van der Waals surface area contributed by atoms with Crippen LogP contribution in [0.2, 0.25) is 0 Å². The summed E-state index contributed by atoms with van der Waals surface area (Å²) >= 11 is 4.89. The van der Waals surface area contributed by atoms with Crippen molar-refractivity contribution in [3.8, 4) is 5.75 Å². The molecule has 0 amide bonds. The summed E-state index contributed by atoms with van der Waals surface area (Å²) in [4.78, 5) is 0.501. The van der Waals surface area contributed by atoms with E-state index >= 15 is 0 Å². The minimum atomic E-state index is 0.501. The molecule has 2 rings (SSSR count). The molecule has 0 aliphatic carbocycles. The van der Waals surface area contributed by atoms with E-state index in [1.807, 2.05) is 41.9 Å². The van der Waals surface area contributed by atoms with Crippen molar-refractivity contribution in [2.24, 2.45) is 5.73 Å². The molecule has 1 aromatic heterocycles. The number of hydrogen-bond donors (Lipinski definition) is 1. The van der Waals surface area contributed by atoms with Crippen LogP contribution in [0.4, 0.5) is 0 Å². The summed E-state index contributed by atoms with van der Waals surface area (Å²) in [6.45, 7) is 5.42. The van der Waals surface area contributed by atoms with Gasteiger partial charge in [-0.1, -0.05) is 24.4 Å².